The summed E-state index contributed by atoms with van der Waals surface area (Å²) in [7, 11) is 1.72. The molecule has 1 aliphatic rings. The molecule has 3 heteroatoms. The molecule has 1 aromatic rings. The lowest BCUT2D eigenvalue weighted by molar-refractivity contribution is 0.414. The lowest BCUT2D eigenvalue weighted by Crippen LogP contribution is -1.98. The molecule has 0 aliphatic carbocycles. The number of hydrogen-bond donors (Lipinski definition) is 0. The van der Waals surface area contributed by atoms with Crippen LogP contribution in [0.15, 0.2) is 24.3 Å². The van der Waals surface area contributed by atoms with E-state index in [4.69, 9.17) is 4.74 Å². The summed E-state index contributed by atoms with van der Waals surface area (Å²) in [5, 5.41) is 0. The molecule has 1 heterocycles. The van der Waals surface area contributed by atoms with Crippen molar-refractivity contribution in [2.75, 3.05) is 18.6 Å². The first-order valence-electron chi connectivity index (χ1n) is 4.74. The van der Waals surface area contributed by atoms with E-state index in [1.165, 1.54) is 17.1 Å². The third-order valence-corrected chi connectivity index (χ3v) is 5.26. The third-order valence-electron chi connectivity index (χ3n) is 2.23. The monoisotopic (exact) mass is 226 g/mol. The van der Waals surface area contributed by atoms with Crippen molar-refractivity contribution in [3.8, 4) is 5.75 Å². The fourth-order valence-corrected chi connectivity index (χ4v) is 4.40. The van der Waals surface area contributed by atoms with E-state index in [1.807, 2.05) is 6.07 Å². The molecule has 0 N–H and O–H groups in total. The first kappa shape index (κ1) is 10.2. The maximum Gasteiger partial charge on any atom is 0.119 e. The van der Waals surface area contributed by atoms with Gasteiger partial charge in [0.25, 0.3) is 0 Å². The standard InChI is InChI=1S/C11H14OS2/c1-12-10-4-2-3-9(7-10)8-11-13-5-6-14-11/h2-4,7,11H,5-6,8H2,1H3. The smallest absolute Gasteiger partial charge is 0.119 e. The van der Waals surface area contributed by atoms with Crippen molar-refractivity contribution in [2.24, 2.45) is 0 Å². The number of benzene rings is 1. The van der Waals surface area contributed by atoms with Crippen molar-refractivity contribution in [1.29, 1.82) is 0 Å². The number of hydrogen-bond acceptors (Lipinski definition) is 3. The Morgan fingerprint density at radius 1 is 1.36 bits per heavy atom. The zero-order valence-electron chi connectivity index (χ0n) is 8.23. The molecule has 76 valence electrons. The molecule has 1 aromatic carbocycles. The van der Waals surface area contributed by atoms with Gasteiger partial charge in [-0.1, -0.05) is 12.1 Å². The summed E-state index contributed by atoms with van der Waals surface area (Å²) < 4.78 is 5.96. The molecule has 1 saturated heterocycles. The number of thioether (sulfide) groups is 2. The maximum atomic E-state index is 5.21. The quantitative estimate of drug-likeness (QED) is 0.784. The molecule has 1 nitrogen and oxygen atoms in total. The van der Waals surface area contributed by atoms with Gasteiger partial charge in [-0.2, -0.15) is 0 Å². The van der Waals surface area contributed by atoms with Gasteiger partial charge in [-0.05, 0) is 24.1 Å². The van der Waals surface area contributed by atoms with Gasteiger partial charge in [0.05, 0.1) is 11.7 Å². The van der Waals surface area contributed by atoms with Crippen LogP contribution < -0.4 is 4.74 Å². The van der Waals surface area contributed by atoms with E-state index in [0.29, 0.717) is 0 Å². The second kappa shape index (κ2) is 4.99. The van der Waals surface area contributed by atoms with E-state index in [0.717, 1.165) is 16.8 Å². The summed E-state index contributed by atoms with van der Waals surface area (Å²) in [6.07, 6.45) is 1.16. The molecule has 0 amide bonds. The van der Waals surface area contributed by atoms with E-state index >= 15 is 0 Å². The van der Waals surface area contributed by atoms with Crippen LogP contribution in [0, 0.1) is 0 Å². The summed E-state index contributed by atoms with van der Waals surface area (Å²) in [5.41, 5.74) is 1.39. The van der Waals surface area contributed by atoms with E-state index < -0.39 is 0 Å². The van der Waals surface area contributed by atoms with Gasteiger partial charge >= 0.3 is 0 Å². The molecule has 0 aromatic heterocycles. The molecule has 14 heavy (non-hydrogen) atoms. The van der Waals surface area contributed by atoms with Crippen molar-refractivity contribution in [3.63, 3.8) is 0 Å². The minimum absolute atomic E-state index is 0.752. The fraction of sp³-hybridized carbons (Fsp3) is 0.455. The van der Waals surface area contributed by atoms with Gasteiger partial charge < -0.3 is 4.74 Å². The molecule has 0 unspecified atom stereocenters. The molecular weight excluding hydrogens is 212 g/mol. The SMILES string of the molecule is COc1cccc(CC2SCCS2)c1. The lowest BCUT2D eigenvalue weighted by Gasteiger charge is -2.08. The Hall–Kier alpha value is -0.280. The summed E-state index contributed by atoms with van der Waals surface area (Å²) in [4.78, 5) is 0. The first-order valence-corrected chi connectivity index (χ1v) is 6.84. The van der Waals surface area contributed by atoms with Crippen LogP contribution in [0.3, 0.4) is 0 Å². The highest BCUT2D eigenvalue weighted by molar-refractivity contribution is 8.20. The van der Waals surface area contributed by atoms with Crippen LogP contribution in [-0.4, -0.2) is 23.2 Å². The Kier molecular flexibility index (Phi) is 3.65. The largest absolute Gasteiger partial charge is 0.497 e. The van der Waals surface area contributed by atoms with Crippen LogP contribution in [0.4, 0.5) is 0 Å². The molecule has 1 aliphatic heterocycles. The summed E-state index contributed by atoms with van der Waals surface area (Å²) in [6, 6.07) is 8.39. The minimum Gasteiger partial charge on any atom is -0.497 e. The Balaban J connectivity index is 2.00. The van der Waals surface area contributed by atoms with Crippen LogP contribution in [0.5, 0.6) is 5.75 Å². The van der Waals surface area contributed by atoms with Crippen LogP contribution in [0.25, 0.3) is 0 Å². The average molecular weight is 226 g/mol. The zero-order chi connectivity index (χ0) is 9.80. The van der Waals surface area contributed by atoms with Gasteiger partial charge in [0.2, 0.25) is 0 Å². The van der Waals surface area contributed by atoms with E-state index in [-0.39, 0.29) is 0 Å². The topological polar surface area (TPSA) is 9.23 Å². The molecule has 0 saturated carbocycles. The van der Waals surface area contributed by atoms with Gasteiger partial charge in [-0.25, -0.2) is 0 Å². The zero-order valence-corrected chi connectivity index (χ0v) is 9.87. The van der Waals surface area contributed by atoms with Crippen LogP contribution >= 0.6 is 23.5 Å². The molecule has 0 bridgehead atoms. The van der Waals surface area contributed by atoms with Crippen molar-refractivity contribution in [2.45, 2.75) is 11.0 Å². The molecule has 0 atom stereocenters. The minimum atomic E-state index is 0.752. The second-order valence-corrected chi connectivity index (χ2v) is 6.15. The third kappa shape index (κ3) is 2.61. The Morgan fingerprint density at radius 2 is 2.14 bits per heavy atom. The summed E-state index contributed by atoms with van der Waals surface area (Å²) >= 11 is 4.15. The number of ether oxygens (including phenoxy) is 1. The number of methoxy groups -OCH3 is 1. The first-order chi connectivity index (χ1) is 6.88. The second-order valence-electron chi connectivity index (χ2n) is 3.23. The van der Waals surface area contributed by atoms with Gasteiger partial charge in [-0.15, -0.1) is 23.5 Å². The Morgan fingerprint density at radius 3 is 2.86 bits per heavy atom. The average Bonchev–Trinajstić information content (AvgIpc) is 2.71. The summed E-state index contributed by atoms with van der Waals surface area (Å²) in [5.74, 6) is 3.58. The molecular formula is C11H14OS2. The highest BCUT2D eigenvalue weighted by atomic mass is 32.2. The van der Waals surface area contributed by atoms with Crippen molar-refractivity contribution in [3.05, 3.63) is 29.8 Å². The van der Waals surface area contributed by atoms with E-state index in [1.54, 1.807) is 7.11 Å². The van der Waals surface area contributed by atoms with Crippen LogP contribution in [0.1, 0.15) is 5.56 Å². The van der Waals surface area contributed by atoms with Gasteiger partial charge in [0, 0.05) is 11.5 Å². The van der Waals surface area contributed by atoms with Gasteiger partial charge in [-0.3, -0.25) is 0 Å². The lowest BCUT2D eigenvalue weighted by atomic mass is 10.2. The van der Waals surface area contributed by atoms with Gasteiger partial charge in [0.15, 0.2) is 0 Å². The Bertz CT molecular complexity index is 295. The highest BCUT2D eigenvalue weighted by Gasteiger charge is 2.16. The van der Waals surface area contributed by atoms with Crippen molar-refractivity contribution < 1.29 is 4.74 Å². The molecule has 0 spiro atoms. The van der Waals surface area contributed by atoms with Crippen LogP contribution in [-0.2, 0) is 6.42 Å². The predicted octanol–water partition coefficient (Wildman–Crippen LogP) is 3.04. The molecule has 0 radical (unpaired) electrons. The van der Waals surface area contributed by atoms with Crippen molar-refractivity contribution >= 4 is 23.5 Å². The maximum absolute atomic E-state index is 5.21. The Labute approximate surface area is 93.6 Å². The number of rotatable bonds is 3. The molecule has 1 fully saturated rings. The fourth-order valence-electron chi connectivity index (χ4n) is 1.52. The van der Waals surface area contributed by atoms with E-state index in [9.17, 15) is 0 Å². The van der Waals surface area contributed by atoms with Crippen LogP contribution in [0.2, 0.25) is 0 Å². The highest BCUT2D eigenvalue weighted by Crippen LogP contribution is 2.34. The summed E-state index contributed by atoms with van der Waals surface area (Å²) in [6.45, 7) is 0. The predicted molar refractivity (Wildman–Crippen MR) is 65.4 cm³/mol. The van der Waals surface area contributed by atoms with Gasteiger partial charge in [0.1, 0.15) is 5.75 Å². The molecule has 2 rings (SSSR count). The normalized spacial score (nSPS) is 17.2. The van der Waals surface area contributed by atoms with Crippen molar-refractivity contribution in [1.82, 2.24) is 0 Å². The van der Waals surface area contributed by atoms with E-state index in [2.05, 4.69) is 41.7 Å².